The summed E-state index contributed by atoms with van der Waals surface area (Å²) in [6, 6.07) is 6.33. The van der Waals surface area contributed by atoms with Gasteiger partial charge in [0.25, 0.3) is 5.91 Å². The average Bonchev–Trinajstić information content (AvgIpc) is 2.70. The number of amides is 1. The molecule has 0 spiro atoms. The van der Waals surface area contributed by atoms with Crippen LogP contribution >= 0.6 is 0 Å². The molecule has 6 heteroatoms. The zero-order valence-electron chi connectivity index (χ0n) is 8.30. The third kappa shape index (κ3) is 2.05. The summed E-state index contributed by atoms with van der Waals surface area (Å²) in [5.41, 5.74) is 5.47. The summed E-state index contributed by atoms with van der Waals surface area (Å²) >= 11 is 0. The number of primary amides is 1. The first-order chi connectivity index (χ1) is 7.66. The fourth-order valence-electron chi connectivity index (χ4n) is 1.28. The number of halogens is 1. The number of nitrogens with zero attached hydrogens (tertiary/aromatic N) is 3. The van der Waals surface area contributed by atoms with Crippen LogP contribution in [-0.2, 0) is 6.54 Å². The average molecular weight is 220 g/mol. The van der Waals surface area contributed by atoms with Crippen molar-refractivity contribution in [2.24, 2.45) is 5.73 Å². The maximum absolute atomic E-state index is 13.3. The van der Waals surface area contributed by atoms with Crippen LogP contribution in [0.4, 0.5) is 4.39 Å². The third-order valence-corrected chi connectivity index (χ3v) is 2.05. The number of hydrogen-bond donors (Lipinski definition) is 1. The molecular formula is C10H9FN4O. The third-order valence-electron chi connectivity index (χ3n) is 2.05. The van der Waals surface area contributed by atoms with Crippen molar-refractivity contribution >= 4 is 5.91 Å². The van der Waals surface area contributed by atoms with Crippen molar-refractivity contribution in [3.05, 3.63) is 47.8 Å². The van der Waals surface area contributed by atoms with Crippen molar-refractivity contribution < 1.29 is 9.18 Å². The molecule has 2 rings (SSSR count). The van der Waals surface area contributed by atoms with Crippen LogP contribution < -0.4 is 5.73 Å². The van der Waals surface area contributed by atoms with Gasteiger partial charge in [0.05, 0.1) is 6.54 Å². The normalized spacial score (nSPS) is 10.3. The Morgan fingerprint density at radius 1 is 1.44 bits per heavy atom. The minimum Gasteiger partial charge on any atom is -0.363 e. The van der Waals surface area contributed by atoms with E-state index in [1.54, 1.807) is 18.2 Å². The van der Waals surface area contributed by atoms with Crippen LogP contribution in [0, 0.1) is 5.82 Å². The molecule has 1 aromatic carbocycles. The number of carbonyl (C=O) groups excluding carboxylic acids is 1. The Balaban J connectivity index is 2.21. The standard InChI is InChI=1S/C10H9FN4O/c11-8-4-2-1-3-7(8)5-15-6-13-10(14-15)9(12)16/h1-4,6H,5H2,(H2,12,16). The highest BCUT2D eigenvalue weighted by Gasteiger charge is 2.08. The predicted octanol–water partition coefficient (Wildman–Crippen LogP) is 0.564. The van der Waals surface area contributed by atoms with Gasteiger partial charge in [-0.3, -0.25) is 4.79 Å². The van der Waals surface area contributed by atoms with Crippen LogP contribution in [0.5, 0.6) is 0 Å². The lowest BCUT2D eigenvalue weighted by Gasteiger charge is -2.01. The molecule has 1 heterocycles. The molecule has 0 aliphatic rings. The minimum absolute atomic E-state index is 0.0728. The minimum atomic E-state index is -0.702. The summed E-state index contributed by atoms with van der Waals surface area (Å²) < 4.78 is 14.6. The Labute approximate surface area is 90.7 Å². The molecule has 16 heavy (non-hydrogen) atoms. The number of aromatic nitrogens is 3. The first-order valence-corrected chi connectivity index (χ1v) is 4.59. The van der Waals surface area contributed by atoms with E-state index in [0.717, 1.165) is 0 Å². The molecule has 0 saturated carbocycles. The van der Waals surface area contributed by atoms with E-state index in [1.165, 1.54) is 17.1 Å². The summed E-state index contributed by atoms with van der Waals surface area (Å²) in [7, 11) is 0. The van der Waals surface area contributed by atoms with E-state index in [2.05, 4.69) is 10.1 Å². The molecule has 0 aliphatic heterocycles. The van der Waals surface area contributed by atoms with Crippen LogP contribution in [0.2, 0.25) is 0 Å². The second-order valence-electron chi connectivity index (χ2n) is 3.22. The highest BCUT2D eigenvalue weighted by Crippen LogP contribution is 2.07. The summed E-state index contributed by atoms with van der Waals surface area (Å²) in [6.07, 6.45) is 1.34. The van der Waals surface area contributed by atoms with Gasteiger partial charge in [0.15, 0.2) is 0 Å². The lowest BCUT2D eigenvalue weighted by atomic mass is 10.2. The number of hydrogen-bond acceptors (Lipinski definition) is 3. The Kier molecular flexibility index (Phi) is 2.63. The number of benzene rings is 1. The Bertz CT molecular complexity index is 523. The van der Waals surface area contributed by atoms with Crippen LogP contribution in [-0.4, -0.2) is 20.7 Å². The van der Waals surface area contributed by atoms with Gasteiger partial charge in [0.2, 0.25) is 5.82 Å². The lowest BCUT2D eigenvalue weighted by Crippen LogP contribution is -2.14. The van der Waals surface area contributed by atoms with Gasteiger partial charge >= 0.3 is 0 Å². The molecule has 0 bridgehead atoms. The number of carbonyl (C=O) groups is 1. The van der Waals surface area contributed by atoms with E-state index in [0.29, 0.717) is 5.56 Å². The largest absolute Gasteiger partial charge is 0.363 e. The van der Waals surface area contributed by atoms with E-state index in [-0.39, 0.29) is 18.2 Å². The zero-order chi connectivity index (χ0) is 11.5. The van der Waals surface area contributed by atoms with Crippen LogP contribution in [0.1, 0.15) is 16.2 Å². The number of rotatable bonds is 3. The molecule has 82 valence electrons. The van der Waals surface area contributed by atoms with E-state index < -0.39 is 5.91 Å². The summed E-state index contributed by atoms with van der Waals surface area (Å²) in [5.74, 6) is -1.10. The van der Waals surface area contributed by atoms with E-state index in [1.807, 2.05) is 0 Å². The number of nitrogens with two attached hydrogens (primary N) is 1. The van der Waals surface area contributed by atoms with Crippen molar-refractivity contribution in [3.8, 4) is 0 Å². The molecule has 1 aromatic heterocycles. The molecule has 0 fully saturated rings. The molecule has 1 amide bonds. The SMILES string of the molecule is NC(=O)c1ncn(Cc2ccccc2F)n1. The van der Waals surface area contributed by atoms with Crippen molar-refractivity contribution in [1.29, 1.82) is 0 Å². The Morgan fingerprint density at radius 3 is 2.81 bits per heavy atom. The first kappa shape index (κ1) is 10.3. The van der Waals surface area contributed by atoms with Crippen molar-refractivity contribution in [1.82, 2.24) is 14.8 Å². The molecule has 0 saturated heterocycles. The lowest BCUT2D eigenvalue weighted by molar-refractivity contribution is 0.0990. The predicted molar refractivity (Wildman–Crippen MR) is 54.0 cm³/mol. The highest BCUT2D eigenvalue weighted by atomic mass is 19.1. The summed E-state index contributed by atoms with van der Waals surface area (Å²) in [5, 5.41) is 3.81. The van der Waals surface area contributed by atoms with Gasteiger partial charge in [-0.25, -0.2) is 14.1 Å². The van der Waals surface area contributed by atoms with Crippen molar-refractivity contribution in [3.63, 3.8) is 0 Å². The van der Waals surface area contributed by atoms with Gasteiger partial charge in [-0.2, -0.15) is 0 Å². The van der Waals surface area contributed by atoms with E-state index in [9.17, 15) is 9.18 Å². The molecule has 0 radical (unpaired) electrons. The van der Waals surface area contributed by atoms with Gasteiger partial charge in [0.1, 0.15) is 12.1 Å². The van der Waals surface area contributed by atoms with Gasteiger partial charge < -0.3 is 5.73 Å². The van der Waals surface area contributed by atoms with Crippen LogP contribution in [0.25, 0.3) is 0 Å². The Morgan fingerprint density at radius 2 is 2.19 bits per heavy atom. The van der Waals surface area contributed by atoms with Crippen molar-refractivity contribution in [2.75, 3.05) is 0 Å². The Hall–Kier alpha value is -2.24. The maximum Gasteiger partial charge on any atom is 0.288 e. The molecule has 0 aliphatic carbocycles. The fraction of sp³-hybridized carbons (Fsp3) is 0.100. The molecule has 2 aromatic rings. The van der Waals surface area contributed by atoms with Crippen molar-refractivity contribution in [2.45, 2.75) is 6.54 Å². The monoisotopic (exact) mass is 220 g/mol. The molecule has 2 N–H and O–H groups in total. The molecule has 5 nitrogen and oxygen atoms in total. The second-order valence-corrected chi connectivity index (χ2v) is 3.22. The van der Waals surface area contributed by atoms with Gasteiger partial charge in [-0.05, 0) is 6.07 Å². The summed E-state index contributed by atoms with van der Waals surface area (Å²) in [4.78, 5) is 14.4. The van der Waals surface area contributed by atoms with Crippen LogP contribution in [0.15, 0.2) is 30.6 Å². The molecular weight excluding hydrogens is 211 g/mol. The molecule has 0 unspecified atom stereocenters. The van der Waals surface area contributed by atoms with Gasteiger partial charge in [0, 0.05) is 5.56 Å². The van der Waals surface area contributed by atoms with Gasteiger partial charge in [-0.15, -0.1) is 5.10 Å². The highest BCUT2D eigenvalue weighted by molar-refractivity contribution is 5.88. The zero-order valence-corrected chi connectivity index (χ0v) is 8.30. The second kappa shape index (κ2) is 4.09. The quantitative estimate of drug-likeness (QED) is 0.821. The van der Waals surface area contributed by atoms with Gasteiger partial charge in [-0.1, -0.05) is 18.2 Å². The van der Waals surface area contributed by atoms with E-state index >= 15 is 0 Å². The summed E-state index contributed by atoms with van der Waals surface area (Å²) in [6.45, 7) is 0.215. The van der Waals surface area contributed by atoms with Crippen LogP contribution in [0.3, 0.4) is 0 Å². The topological polar surface area (TPSA) is 73.8 Å². The molecule has 0 atom stereocenters. The maximum atomic E-state index is 13.3. The first-order valence-electron chi connectivity index (χ1n) is 4.59. The smallest absolute Gasteiger partial charge is 0.288 e. The fourth-order valence-corrected chi connectivity index (χ4v) is 1.28. The van der Waals surface area contributed by atoms with E-state index in [4.69, 9.17) is 5.73 Å².